The van der Waals surface area contributed by atoms with Crippen LogP contribution in [0.4, 0.5) is 14.6 Å². The number of fused-ring (bicyclic) bond motifs is 2. The number of aliphatic hydroxyl groups is 1. The lowest BCUT2D eigenvalue weighted by atomic mass is 10.1. The Morgan fingerprint density at radius 2 is 2.15 bits per heavy atom. The molecule has 3 N–H and O–H groups in total. The molecule has 5 heterocycles. The van der Waals surface area contributed by atoms with Gasteiger partial charge in [-0.15, -0.1) is 0 Å². The predicted octanol–water partition coefficient (Wildman–Crippen LogP) is 1.86. The Bertz CT molecular complexity index is 1430. The fourth-order valence-corrected chi connectivity index (χ4v) is 4.39. The Balaban J connectivity index is 1.47. The van der Waals surface area contributed by atoms with Gasteiger partial charge in [0.1, 0.15) is 23.1 Å². The number of aromatic nitrogens is 5. The number of ether oxygens (including phenoxy) is 1. The number of carbonyl (C=O) groups is 1. The summed E-state index contributed by atoms with van der Waals surface area (Å²) in [6.07, 6.45) is 3.59. The van der Waals surface area contributed by atoms with Gasteiger partial charge in [-0.05, 0) is 12.1 Å². The number of rotatable bonds is 5. The van der Waals surface area contributed by atoms with E-state index in [4.69, 9.17) is 4.74 Å². The van der Waals surface area contributed by atoms with Crippen LogP contribution >= 0.6 is 0 Å². The first-order valence-corrected chi connectivity index (χ1v) is 10.8. The summed E-state index contributed by atoms with van der Waals surface area (Å²) in [6.45, 7) is 0.370. The molecule has 1 saturated carbocycles. The van der Waals surface area contributed by atoms with E-state index in [1.165, 1.54) is 15.3 Å². The minimum atomic E-state index is -2.76. The molecule has 3 atom stereocenters. The zero-order valence-electron chi connectivity index (χ0n) is 18.1. The smallest absolute Gasteiger partial charge is 0.270 e. The number of carbonyl (C=O) groups excluding carboxylic acids is 1. The number of nitrogens with one attached hydrogen (secondary N) is 2. The third-order valence-electron chi connectivity index (χ3n) is 6.33. The second-order valence-corrected chi connectivity index (χ2v) is 8.56. The molecule has 34 heavy (non-hydrogen) atoms. The Labute approximate surface area is 191 Å². The van der Waals surface area contributed by atoms with E-state index in [-0.39, 0.29) is 30.8 Å². The van der Waals surface area contributed by atoms with Gasteiger partial charge in [-0.25, -0.2) is 18.7 Å². The lowest BCUT2D eigenvalue weighted by Crippen LogP contribution is -2.42. The highest BCUT2D eigenvalue weighted by Gasteiger charge is 2.58. The van der Waals surface area contributed by atoms with Crippen molar-refractivity contribution in [2.24, 2.45) is 0 Å². The Hall–Kier alpha value is -3.64. The molecule has 1 aliphatic heterocycles. The number of aliphatic hydroxyl groups excluding tert-OH is 1. The molecule has 0 unspecified atom stereocenters. The summed E-state index contributed by atoms with van der Waals surface area (Å²) in [5, 5.41) is 20.7. The quantitative estimate of drug-likeness (QED) is 0.408. The van der Waals surface area contributed by atoms with Crippen molar-refractivity contribution >= 4 is 28.4 Å². The van der Waals surface area contributed by atoms with Crippen molar-refractivity contribution in [2.75, 3.05) is 25.6 Å². The molecule has 1 aliphatic carbocycles. The molecule has 2 fully saturated rings. The number of hydrogen-bond donors (Lipinski definition) is 3. The third-order valence-corrected chi connectivity index (χ3v) is 6.33. The van der Waals surface area contributed by atoms with Gasteiger partial charge in [0.2, 0.25) is 0 Å². The van der Waals surface area contributed by atoms with Gasteiger partial charge in [-0.1, -0.05) is 0 Å². The summed E-state index contributed by atoms with van der Waals surface area (Å²) < 4.78 is 36.0. The molecule has 0 bridgehead atoms. The van der Waals surface area contributed by atoms with Crippen LogP contribution in [0.1, 0.15) is 22.8 Å². The van der Waals surface area contributed by atoms with Crippen LogP contribution in [-0.4, -0.2) is 73.5 Å². The minimum Gasteiger partial charge on any atom is -0.388 e. The first kappa shape index (κ1) is 20.9. The number of nitrogens with zero attached hydrogens (tertiary/aromatic N) is 5. The van der Waals surface area contributed by atoms with Gasteiger partial charge in [0.05, 0.1) is 37.3 Å². The van der Waals surface area contributed by atoms with Gasteiger partial charge in [0.25, 0.3) is 11.8 Å². The molecule has 4 aromatic rings. The van der Waals surface area contributed by atoms with Crippen LogP contribution in [0.5, 0.6) is 0 Å². The predicted molar refractivity (Wildman–Crippen MR) is 118 cm³/mol. The van der Waals surface area contributed by atoms with Gasteiger partial charge in [-0.3, -0.25) is 4.79 Å². The molecule has 1 saturated heterocycles. The van der Waals surface area contributed by atoms with E-state index in [1.54, 1.807) is 31.6 Å². The number of amides is 1. The number of alkyl halides is 2. The minimum absolute atomic E-state index is 0.157. The van der Waals surface area contributed by atoms with E-state index < -0.39 is 30.0 Å². The van der Waals surface area contributed by atoms with Crippen molar-refractivity contribution in [1.29, 1.82) is 0 Å². The van der Waals surface area contributed by atoms with Crippen LogP contribution in [0.2, 0.25) is 0 Å². The molecule has 0 aromatic carbocycles. The average Bonchev–Trinajstić information content (AvgIpc) is 3.22. The van der Waals surface area contributed by atoms with E-state index in [0.29, 0.717) is 28.1 Å². The Morgan fingerprint density at radius 1 is 1.32 bits per heavy atom. The maximum absolute atomic E-state index is 13.9. The average molecular weight is 469 g/mol. The first-order chi connectivity index (χ1) is 16.4. The van der Waals surface area contributed by atoms with Crippen LogP contribution in [0.3, 0.4) is 0 Å². The van der Waals surface area contributed by atoms with E-state index in [2.05, 4.69) is 25.7 Å². The molecule has 0 radical (unpaired) electrons. The van der Waals surface area contributed by atoms with Crippen LogP contribution < -0.4 is 10.6 Å². The largest absolute Gasteiger partial charge is 0.388 e. The summed E-state index contributed by atoms with van der Waals surface area (Å²) in [5.41, 5.74) is 2.06. The summed E-state index contributed by atoms with van der Waals surface area (Å²) >= 11 is 0. The Morgan fingerprint density at radius 3 is 2.85 bits per heavy atom. The van der Waals surface area contributed by atoms with Gasteiger partial charge in [0.15, 0.2) is 5.65 Å². The van der Waals surface area contributed by atoms with Gasteiger partial charge in [0, 0.05) is 42.9 Å². The lowest BCUT2D eigenvalue weighted by molar-refractivity contribution is 0.0887. The lowest BCUT2D eigenvalue weighted by Gasteiger charge is -2.14. The van der Waals surface area contributed by atoms with E-state index in [1.807, 2.05) is 6.07 Å². The third kappa shape index (κ3) is 3.21. The zero-order valence-corrected chi connectivity index (χ0v) is 18.1. The van der Waals surface area contributed by atoms with Crippen molar-refractivity contribution in [2.45, 2.75) is 30.5 Å². The van der Waals surface area contributed by atoms with Crippen LogP contribution in [0, 0.1) is 0 Å². The monoisotopic (exact) mass is 469 g/mol. The SMILES string of the molecule is CNc1cc(-c2cn([C@@H]3CC3(F)F)c3ncccc23)nc2c(C(=O)N[C@H]3COC[C@H]3O)cnn12. The molecule has 2 aliphatic rings. The van der Waals surface area contributed by atoms with Crippen LogP contribution in [-0.2, 0) is 4.74 Å². The second-order valence-electron chi connectivity index (χ2n) is 8.56. The number of hydrogen-bond acceptors (Lipinski definition) is 7. The molecule has 6 rings (SSSR count). The zero-order chi connectivity index (χ0) is 23.6. The van der Waals surface area contributed by atoms with Gasteiger partial charge < -0.3 is 25.0 Å². The van der Waals surface area contributed by atoms with E-state index in [9.17, 15) is 18.7 Å². The normalized spacial score (nSPS) is 23.5. The number of halogens is 2. The molecule has 4 aromatic heterocycles. The summed E-state index contributed by atoms with van der Waals surface area (Å²) in [4.78, 5) is 22.0. The van der Waals surface area contributed by atoms with Crippen molar-refractivity contribution in [3.8, 4) is 11.3 Å². The van der Waals surface area contributed by atoms with E-state index >= 15 is 0 Å². The molecule has 12 heteroatoms. The maximum Gasteiger partial charge on any atom is 0.270 e. The highest BCUT2D eigenvalue weighted by Crippen LogP contribution is 2.54. The second kappa shape index (κ2) is 7.43. The molecular formula is C22H21F2N7O3. The maximum atomic E-state index is 13.9. The van der Waals surface area contributed by atoms with Crippen molar-refractivity contribution in [3.05, 3.63) is 42.4 Å². The topological polar surface area (TPSA) is 119 Å². The van der Waals surface area contributed by atoms with Gasteiger partial charge in [-0.2, -0.15) is 9.61 Å². The number of anilines is 1. The summed E-state index contributed by atoms with van der Waals surface area (Å²) in [7, 11) is 1.71. The van der Waals surface area contributed by atoms with Crippen LogP contribution in [0.15, 0.2) is 36.8 Å². The van der Waals surface area contributed by atoms with Crippen LogP contribution in [0.25, 0.3) is 27.9 Å². The summed E-state index contributed by atoms with van der Waals surface area (Å²) in [5.74, 6) is -2.65. The standard InChI is InChI=1S/C22H21F2N7O3/c1-25-18-5-14(13-8-30(17-6-22(17,23)24)19-11(13)3-2-4-26-19)28-20-12(7-27-31(18)20)21(33)29-15-9-34-10-16(15)32/h2-5,7-8,15-17,25,32H,6,9-10H2,1H3,(H,29,33)/t15-,16+,17+/m0/s1. The van der Waals surface area contributed by atoms with E-state index in [0.717, 1.165) is 0 Å². The fourth-order valence-electron chi connectivity index (χ4n) is 4.39. The van der Waals surface area contributed by atoms with Crippen molar-refractivity contribution in [1.82, 2.24) is 29.5 Å². The van der Waals surface area contributed by atoms with Gasteiger partial charge >= 0.3 is 0 Å². The molecule has 10 nitrogen and oxygen atoms in total. The number of pyridine rings is 1. The first-order valence-electron chi connectivity index (χ1n) is 10.8. The van der Waals surface area contributed by atoms with Crippen molar-refractivity contribution in [3.63, 3.8) is 0 Å². The highest BCUT2D eigenvalue weighted by atomic mass is 19.3. The fraction of sp³-hybridized carbons (Fsp3) is 0.364. The Kier molecular flexibility index (Phi) is 4.58. The highest BCUT2D eigenvalue weighted by molar-refractivity contribution is 6.01. The summed E-state index contributed by atoms with van der Waals surface area (Å²) in [6, 6.07) is 3.82. The molecular weight excluding hydrogens is 448 g/mol. The molecule has 1 amide bonds. The molecule has 176 valence electrons. The van der Waals surface area contributed by atoms with Crippen molar-refractivity contribution < 1.29 is 23.4 Å². The molecule has 0 spiro atoms.